The zero-order valence-corrected chi connectivity index (χ0v) is 17.1. The van der Waals surface area contributed by atoms with Gasteiger partial charge in [0.25, 0.3) is 0 Å². The number of rotatable bonds is 7. The van der Waals surface area contributed by atoms with Gasteiger partial charge in [-0.1, -0.05) is 44.0 Å². The van der Waals surface area contributed by atoms with Gasteiger partial charge in [0, 0.05) is 0 Å². The fraction of sp³-hybridized carbons (Fsp3) is 0.538. The summed E-state index contributed by atoms with van der Waals surface area (Å²) in [6, 6.07) is 17.0. The molecule has 4 fully saturated rings. The van der Waals surface area contributed by atoms with E-state index in [-0.39, 0.29) is 5.60 Å². The molecule has 2 aliphatic heterocycles. The summed E-state index contributed by atoms with van der Waals surface area (Å²) in [6.45, 7) is 3.12. The molecular formula is C26H32O2. The highest BCUT2D eigenvalue weighted by Crippen LogP contribution is 2.56. The fourth-order valence-electron chi connectivity index (χ4n) is 5.18. The van der Waals surface area contributed by atoms with Gasteiger partial charge in [-0.25, -0.2) is 0 Å². The summed E-state index contributed by atoms with van der Waals surface area (Å²) in [5.74, 6) is 2.86. The van der Waals surface area contributed by atoms with Crippen LogP contribution in [0.4, 0.5) is 0 Å². The molecule has 2 heterocycles. The lowest BCUT2D eigenvalue weighted by atomic mass is 9.62. The van der Waals surface area contributed by atoms with E-state index in [2.05, 4.69) is 49.4 Å². The maximum Gasteiger partial charge on any atom is 0.127 e. The van der Waals surface area contributed by atoms with E-state index >= 15 is 0 Å². The van der Waals surface area contributed by atoms with E-state index in [0.717, 1.165) is 43.3 Å². The Morgan fingerprint density at radius 2 is 1.71 bits per heavy atom. The van der Waals surface area contributed by atoms with E-state index in [4.69, 9.17) is 9.47 Å². The molecule has 0 unspecified atom stereocenters. The monoisotopic (exact) mass is 376 g/mol. The molecule has 2 saturated heterocycles. The second kappa shape index (κ2) is 7.22. The lowest BCUT2D eigenvalue weighted by Gasteiger charge is -2.53. The molecule has 28 heavy (non-hydrogen) atoms. The van der Waals surface area contributed by atoms with Gasteiger partial charge >= 0.3 is 0 Å². The van der Waals surface area contributed by atoms with Crippen LogP contribution in [-0.2, 0) is 16.8 Å². The highest BCUT2D eigenvalue weighted by Gasteiger charge is 2.50. The lowest BCUT2D eigenvalue weighted by molar-refractivity contribution is -0.192. The molecule has 2 heteroatoms. The number of hydrogen-bond acceptors (Lipinski definition) is 2. The summed E-state index contributed by atoms with van der Waals surface area (Å²) in [5.41, 5.74) is 2.98. The van der Waals surface area contributed by atoms with Gasteiger partial charge in [0.1, 0.15) is 11.5 Å². The smallest absolute Gasteiger partial charge is 0.127 e. The molecule has 0 N–H and O–H groups in total. The van der Waals surface area contributed by atoms with Gasteiger partial charge in [-0.05, 0) is 91.7 Å². The number of fused-ring (bicyclic) bond motifs is 3. The zero-order valence-electron chi connectivity index (χ0n) is 17.1. The van der Waals surface area contributed by atoms with Crippen LogP contribution in [0.15, 0.2) is 48.5 Å². The third kappa shape index (κ3) is 3.59. The third-order valence-electron chi connectivity index (χ3n) is 7.46. The molecule has 0 spiro atoms. The molecule has 2 nitrogen and oxygen atoms in total. The zero-order chi connectivity index (χ0) is 19.0. The van der Waals surface area contributed by atoms with Crippen molar-refractivity contribution in [1.82, 2.24) is 0 Å². The summed E-state index contributed by atoms with van der Waals surface area (Å²) in [5, 5.41) is 0. The SMILES string of the molecule is CCc1cccc(Oc2cccc(C34CCC(CCC5CC5)(CC3)CO4)c2)c1. The van der Waals surface area contributed by atoms with Gasteiger partial charge in [0.15, 0.2) is 0 Å². The van der Waals surface area contributed by atoms with Crippen molar-refractivity contribution in [3.63, 3.8) is 0 Å². The van der Waals surface area contributed by atoms with Crippen molar-refractivity contribution >= 4 is 0 Å². The first-order valence-electron chi connectivity index (χ1n) is 11.2. The average molecular weight is 377 g/mol. The summed E-state index contributed by atoms with van der Waals surface area (Å²) >= 11 is 0. The molecule has 0 atom stereocenters. The Bertz CT molecular complexity index is 811. The minimum Gasteiger partial charge on any atom is -0.457 e. The van der Waals surface area contributed by atoms with Crippen molar-refractivity contribution in [2.75, 3.05) is 6.61 Å². The molecule has 2 aliphatic carbocycles. The van der Waals surface area contributed by atoms with Crippen LogP contribution in [0.2, 0.25) is 0 Å². The summed E-state index contributed by atoms with van der Waals surface area (Å²) in [7, 11) is 0. The van der Waals surface area contributed by atoms with Crippen molar-refractivity contribution in [3.05, 3.63) is 59.7 Å². The predicted molar refractivity (Wildman–Crippen MR) is 113 cm³/mol. The lowest BCUT2D eigenvalue weighted by Crippen LogP contribution is -2.49. The Hall–Kier alpha value is -1.80. The minimum atomic E-state index is -0.0913. The highest BCUT2D eigenvalue weighted by molar-refractivity contribution is 5.38. The Kier molecular flexibility index (Phi) is 4.71. The molecule has 2 saturated carbocycles. The first kappa shape index (κ1) is 18.2. The van der Waals surface area contributed by atoms with Crippen LogP contribution in [-0.4, -0.2) is 6.61 Å². The van der Waals surface area contributed by atoms with Crippen molar-refractivity contribution < 1.29 is 9.47 Å². The van der Waals surface area contributed by atoms with Crippen LogP contribution in [0, 0.1) is 11.3 Å². The van der Waals surface area contributed by atoms with E-state index < -0.39 is 0 Å². The molecule has 2 bridgehead atoms. The van der Waals surface area contributed by atoms with Crippen LogP contribution in [0.5, 0.6) is 11.5 Å². The van der Waals surface area contributed by atoms with Crippen molar-refractivity contribution in [3.8, 4) is 11.5 Å². The summed E-state index contributed by atoms with van der Waals surface area (Å²) in [4.78, 5) is 0. The van der Waals surface area contributed by atoms with E-state index in [1.807, 2.05) is 6.07 Å². The van der Waals surface area contributed by atoms with E-state index in [9.17, 15) is 0 Å². The molecule has 4 aliphatic rings. The van der Waals surface area contributed by atoms with Gasteiger partial charge in [-0.3, -0.25) is 0 Å². The van der Waals surface area contributed by atoms with Crippen LogP contribution in [0.1, 0.15) is 69.4 Å². The molecule has 6 rings (SSSR count). The average Bonchev–Trinajstić information content (AvgIpc) is 3.59. The highest BCUT2D eigenvalue weighted by atomic mass is 16.5. The summed E-state index contributed by atoms with van der Waals surface area (Å²) < 4.78 is 12.8. The Labute approximate surface area is 169 Å². The first-order chi connectivity index (χ1) is 13.7. The number of ether oxygens (including phenoxy) is 2. The molecular weight excluding hydrogens is 344 g/mol. The Balaban J connectivity index is 1.30. The van der Waals surface area contributed by atoms with Crippen LogP contribution < -0.4 is 4.74 Å². The van der Waals surface area contributed by atoms with Crippen LogP contribution in [0.25, 0.3) is 0 Å². The van der Waals surface area contributed by atoms with Crippen molar-refractivity contribution in [2.45, 2.75) is 70.3 Å². The number of aryl methyl sites for hydroxylation is 1. The second-order valence-electron chi connectivity index (χ2n) is 9.40. The van der Waals surface area contributed by atoms with Gasteiger partial charge in [-0.2, -0.15) is 0 Å². The second-order valence-corrected chi connectivity index (χ2v) is 9.40. The molecule has 2 aromatic rings. The maximum absolute atomic E-state index is 6.59. The van der Waals surface area contributed by atoms with Gasteiger partial charge in [-0.15, -0.1) is 0 Å². The number of hydrogen-bond donors (Lipinski definition) is 0. The van der Waals surface area contributed by atoms with Gasteiger partial charge in [0.05, 0.1) is 12.2 Å². The Morgan fingerprint density at radius 3 is 2.39 bits per heavy atom. The topological polar surface area (TPSA) is 18.5 Å². The fourth-order valence-corrected chi connectivity index (χ4v) is 5.18. The minimum absolute atomic E-state index is 0.0913. The Morgan fingerprint density at radius 1 is 0.964 bits per heavy atom. The molecule has 0 radical (unpaired) electrons. The largest absolute Gasteiger partial charge is 0.457 e. The van der Waals surface area contributed by atoms with E-state index in [0.29, 0.717) is 5.41 Å². The van der Waals surface area contributed by atoms with Gasteiger partial charge in [0.2, 0.25) is 0 Å². The molecule has 0 amide bonds. The molecule has 148 valence electrons. The molecule has 0 aromatic heterocycles. The maximum atomic E-state index is 6.59. The first-order valence-corrected chi connectivity index (χ1v) is 11.2. The van der Waals surface area contributed by atoms with Crippen LogP contribution in [0.3, 0.4) is 0 Å². The van der Waals surface area contributed by atoms with Crippen molar-refractivity contribution in [1.29, 1.82) is 0 Å². The standard InChI is InChI=1S/C26H32O2/c1-2-20-5-3-7-23(17-20)28-24-8-4-6-22(18-24)26-15-13-25(14-16-26,19-27-26)12-11-21-9-10-21/h3-8,17-18,21H,2,9-16,19H2,1H3. The van der Waals surface area contributed by atoms with Crippen LogP contribution >= 0.6 is 0 Å². The quantitative estimate of drug-likeness (QED) is 0.517. The summed E-state index contributed by atoms with van der Waals surface area (Å²) in [6.07, 6.45) is 11.7. The molecule has 2 aromatic carbocycles. The third-order valence-corrected chi connectivity index (χ3v) is 7.46. The van der Waals surface area contributed by atoms with E-state index in [1.54, 1.807) is 0 Å². The predicted octanol–water partition coefficient (Wildman–Crippen LogP) is 7.02. The van der Waals surface area contributed by atoms with Crippen molar-refractivity contribution in [2.24, 2.45) is 11.3 Å². The van der Waals surface area contributed by atoms with E-state index in [1.165, 1.54) is 49.7 Å². The van der Waals surface area contributed by atoms with Gasteiger partial charge < -0.3 is 9.47 Å². The normalized spacial score (nSPS) is 29.0. The number of benzene rings is 2.